The molecule has 1 aromatic rings. The molecule has 5 heteroatoms. The van der Waals surface area contributed by atoms with Gasteiger partial charge in [0, 0.05) is 16.1 Å². The summed E-state index contributed by atoms with van der Waals surface area (Å²) in [5.41, 5.74) is 0.950. The smallest absolute Gasteiger partial charge is 0.307 e. The van der Waals surface area contributed by atoms with Gasteiger partial charge in [0.15, 0.2) is 0 Å². The van der Waals surface area contributed by atoms with Crippen LogP contribution in [0.15, 0.2) is 18.2 Å². The number of rotatable bonds is 5. The lowest BCUT2D eigenvalue weighted by atomic mass is 10.0. The summed E-state index contributed by atoms with van der Waals surface area (Å²) >= 11 is 12.2. The normalized spacial score (nSPS) is 17.1. The Morgan fingerprint density at radius 2 is 2.05 bits per heavy atom. The van der Waals surface area contributed by atoms with Gasteiger partial charge < -0.3 is 4.74 Å². The van der Waals surface area contributed by atoms with Crippen LogP contribution in [-0.2, 0) is 9.53 Å². The molecule has 0 saturated carbocycles. The summed E-state index contributed by atoms with van der Waals surface area (Å²) in [6.45, 7) is 4.20. The molecule has 0 bridgehead atoms. The van der Waals surface area contributed by atoms with Crippen molar-refractivity contribution >= 4 is 29.2 Å². The summed E-state index contributed by atoms with van der Waals surface area (Å²) in [5, 5.41) is 1.22. The zero-order chi connectivity index (χ0) is 14.5. The van der Waals surface area contributed by atoms with Gasteiger partial charge in [-0.2, -0.15) is 0 Å². The van der Waals surface area contributed by atoms with Crippen LogP contribution in [0.1, 0.15) is 37.8 Å². The molecule has 0 radical (unpaired) electrons. The zero-order valence-electron chi connectivity index (χ0n) is 11.6. The third-order valence-electron chi connectivity index (χ3n) is 3.57. The van der Waals surface area contributed by atoms with Gasteiger partial charge in [-0.1, -0.05) is 29.3 Å². The van der Waals surface area contributed by atoms with Crippen molar-refractivity contribution in [2.45, 2.75) is 32.2 Å². The number of carbonyl (C=O) groups is 1. The molecule has 1 atom stereocenters. The Labute approximate surface area is 129 Å². The topological polar surface area (TPSA) is 29.5 Å². The van der Waals surface area contributed by atoms with Crippen LogP contribution in [0, 0.1) is 0 Å². The minimum Gasteiger partial charge on any atom is -0.466 e. The van der Waals surface area contributed by atoms with Crippen molar-refractivity contribution in [1.82, 2.24) is 4.90 Å². The van der Waals surface area contributed by atoms with E-state index in [1.54, 1.807) is 6.07 Å². The summed E-state index contributed by atoms with van der Waals surface area (Å²) in [4.78, 5) is 14.1. The molecule has 1 aliphatic heterocycles. The molecule has 1 saturated heterocycles. The average molecular weight is 316 g/mol. The Hall–Kier alpha value is -0.770. The maximum absolute atomic E-state index is 11.8. The Morgan fingerprint density at radius 3 is 2.65 bits per heavy atom. The fraction of sp³-hybridized carbons (Fsp3) is 0.533. The highest BCUT2D eigenvalue weighted by Gasteiger charge is 2.27. The standard InChI is InChI=1S/C15H19Cl2NO2/c1-2-20-15(19)10-14(18-7-3-4-8-18)12-6-5-11(16)9-13(12)17/h5-6,9,14H,2-4,7-8,10H2,1H3. The molecule has 2 rings (SSSR count). The highest BCUT2D eigenvalue weighted by Crippen LogP contribution is 2.34. The molecular formula is C15H19Cl2NO2. The quantitative estimate of drug-likeness (QED) is 0.767. The second-order valence-corrected chi connectivity index (χ2v) is 5.78. The monoisotopic (exact) mass is 315 g/mol. The van der Waals surface area contributed by atoms with Crippen molar-refractivity contribution in [2.24, 2.45) is 0 Å². The van der Waals surface area contributed by atoms with Gasteiger partial charge in [-0.25, -0.2) is 0 Å². The van der Waals surface area contributed by atoms with Crippen LogP contribution < -0.4 is 0 Å². The minimum atomic E-state index is -0.185. The third kappa shape index (κ3) is 3.87. The SMILES string of the molecule is CCOC(=O)CC(c1ccc(Cl)cc1Cl)N1CCCC1. The van der Waals surface area contributed by atoms with Gasteiger partial charge >= 0.3 is 5.97 Å². The van der Waals surface area contributed by atoms with E-state index in [1.807, 2.05) is 19.1 Å². The van der Waals surface area contributed by atoms with Gasteiger partial charge in [0.2, 0.25) is 0 Å². The van der Waals surface area contributed by atoms with E-state index in [1.165, 1.54) is 0 Å². The molecule has 0 aromatic heterocycles. The van der Waals surface area contributed by atoms with E-state index in [0.29, 0.717) is 23.1 Å². The first-order valence-corrected chi connectivity index (χ1v) is 7.72. The number of carbonyl (C=O) groups excluding carboxylic acids is 1. The molecule has 1 aromatic carbocycles. The molecular weight excluding hydrogens is 297 g/mol. The van der Waals surface area contributed by atoms with Crippen LogP contribution in [0.5, 0.6) is 0 Å². The number of hydrogen-bond donors (Lipinski definition) is 0. The van der Waals surface area contributed by atoms with Gasteiger partial charge in [0.05, 0.1) is 13.0 Å². The summed E-state index contributed by atoms with van der Waals surface area (Å²) in [6.07, 6.45) is 2.64. The van der Waals surface area contributed by atoms with E-state index < -0.39 is 0 Å². The van der Waals surface area contributed by atoms with E-state index in [-0.39, 0.29) is 12.0 Å². The molecule has 1 heterocycles. The maximum Gasteiger partial charge on any atom is 0.307 e. The fourth-order valence-electron chi connectivity index (χ4n) is 2.64. The number of likely N-dealkylation sites (tertiary alicyclic amines) is 1. The molecule has 0 N–H and O–H groups in total. The lowest BCUT2D eigenvalue weighted by Crippen LogP contribution is -2.28. The van der Waals surface area contributed by atoms with Crippen molar-refractivity contribution in [2.75, 3.05) is 19.7 Å². The lowest BCUT2D eigenvalue weighted by molar-refractivity contribution is -0.144. The number of hydrogen-bond acceptors (Lipinski definition) is 3. The number of nitrogens with zero attached hydrogens (tertiary/aromatic N) is 1. The first kappa shape index (κ1) is 15.6. The van der Waals surface area contributed by atoms with Crippen molar-refractivity contribution in [3.05, 3.63) is 33.8 Å². The van der Waals surface area contributed by atoms with Crippen LogP contribution in [0.25, 0.3) is 0 Å². The van der Waals surface area contributed by atoms with E-state index in [2.05, 4.69) is 4.90 Å². The van der Waals surface area contributed by atoms with Crippen LogP contribution in [0.4, 0.5) is 0 Å². The van der Waals surface area contributed by atoms with Crippen molar-refractivity contribution < 1.29 is 9.53 Å². The second-order valence-electron chi connectivity index (χ2n) is 4.93. The summed E-state index contributed by atoms with van der Waals surface area (Å²) in [6, 6.07) is 5.43. The molecule has 1 unspecified atom stereocenters. The van der Waals surface area contributed by atoms with Gasteiger partial charge in [-0.05, 0) is 50.6 Å². The van der Waals surface area contributed by atoms with Crippen molar-refractivity contribution in [3.63, 3.8) is 0 Å². The van der Waals surface area contributed by atoms with Crippen LogP contribution in [0.2, 0.25) is 10.0 Å². The third-order valence-corrected chi connectivity index (χ3v) is 4.13. The van der Waals surface area contributed by atoms with E-state index >= 15 is 0 Å². The summed E-state index contributed by atoms with van der Waals surface area (Å²) in [7, 11) is 0. The predicted octanol–water partition coefficient (Wildman–Crippen LogP) is 4.08. The summed E-state index contributed by atoms with van der Waals surface area (Å²) < 4.78 is 5.08. The Morgan fingerprint density at radius 1 is 1.35 bits per heavy atom. The van der Waals surface area contributed by atoms with Gasteiger partial charge in [-0.15, -0.1) is 0 Å². The van der Waals surface area contributed by atoms with E-state index in [4.69, 9.17) is 27.9 Å². The van der Waals surface area contributed by atoms with Crippen LogP contribution in [0.3, 0.4) is 0 Å². The van der Waals surface area contributed by atoms with Crippen molar-refractivity contribution in [3.8, 4) is 0 Å². The average Bonchev–Trinajstić information content (AvgIpc) is 2.90. The first-order valence-electron chi connectivity index (χ1n) is 6.96. The Balaban J connectivity index is 2.22. The lowest BCUT2D eigenvalue weighted by Gasteiger charge is -2.28. The molecule has 0 aliphatic carbocycles. The van der Waals surface area contributed by atoms with Crippen LogP contribution in [-0.4, -0.2) is 30.6 Å². The Bertz CT molecular complexity index is 473. The molecule has 0 amide bonds. The highest BCUT2D eigenvalue weighted by atomic mass is 35.5. The van der Waals surface area contributed by atoms with Crippen molar-refractivity contribution in [1.29, 1.82) is 0 Å². The molecule has 3 nitrogen and oxygen atoms in total. The van der Waals surface area contributed by atoms with Gasteiger partial charge in [0.25, 0.3) is 0 Å². The maximum atomic E-state index is 11.8. The number of halogens is 2. The molecule has 1 aliphatic rings. The molecule has 20 heavy (non-hydrogen) atoms. The Kier molecular flexibility index (Phi) is 5.70. The molecule has 0 spiro atoms. The number of esters is 1. The predicted molar refractivity (Wildman–Crippen MR) is 81.3 cm³/mol. The first-order chi connectivity index (χ1) is 9.61. The van der Waals surface area contributed by atoms with Gasteiger partial charge in [-0.3, -0.25) is 9.69 Å². The van der Waals surface area contributed by atoms with Crippen LogP contribution >= 0.6 is 23.2 Å². The summed E-state index contributed by atoms with van der Waals surface area (Å²) in [5.74, 6) is -0.185. The van der Waals surface area contributed by atoms with Gasteiger partial charge in [0.1, 0.15) is 0 Å². The number of ether oxygens (including phenoxy) is 1. The zero-order valence-corrected chi connectivity index (χ0v) is 13.1. The fourth-order valence-corrected chi connectivity index (χ4v) is 3.17. The molecule has 110 valence electrons. The van der Waals surface area contributed by atoms with E-state index in [0.717, 1.165) is 31.5 Å². The highest BCUT2D eigenvalue weighted by molar-refractivity contribution is 6.35. The molecule has 1 fully saturated rings. The second kappa shape index (κ2) is 7.30. The van der Waals surface area contributed by atoms with E-state index in [9.17, 15) is 4.79 Å². The largest absolute Gasteiger partial charge is 0.466 e. The minimum absolute atomic E-state index is 0.0266. The number of benzene rings is 1.